The molecule has 156 valence electrons. The van der Waals surface area contributed by atoms with Crippen molar-refractivity contribution >= 4 is 45.5 Å². The molecule has 0 atom stereocenters. The molecule has 2 rings (SSSR count). The third-order valence-electron chi connectivity index (χ3n) is 4.41. The van der Waals surface area contributed by atoms with Crippen LogP contribution in [0.1, 0.15) is 45.0 Å². The predicted molar refractivity (Wildman–Crippen MR) is 117 cm³/mol. The van der Waals surface area contributed by atoms with E-state index in [0.29, 0.717) is 34.1 Å². The SMILES string of the molecule is CCN(CC)C(=O)c1sc(NC(=S)NCc2ccccc2F)c(C(=O)OC)c1C. The van der Waals surface area contributed by atoms with E-state index in [1.165, 1.54) is 13.2 Å². The molecule has 2 N–H and O–H groups in total. The van der Waals surface area contributed by atoms with Crippen LogP contribution in [0.5, 0.6) is 0 Å². The molecule has 0 unspecified atom stereocenters. The van der Waals surface area contributed by atoms with Gasteiger partial charge in [0.05, 0.1) is 17.6 Å². The summed E-state index contributed by atoms with van der Waals surface area (Å²) in [6.07, 6.45) is 0. The van der Waals surface area contributed by atoms with Crippen molar-refractivity contribution in [1.29, 1.82) is 0 Å². The minimum atomic E-state index is -0.559. The highest BCUT2D eigenvalue weighted by Crippen LogP contribution is 2.34. The van der Waals surface area contributed by atoms with Crippen molar-refractivity contribution in [3.05, 3.63) is 51.7 Å². The second-order valence-electron chi connectivity index (χ2n) is 6.13. The van der Waals surface area contributed by atoms with Crippen LogP contribution in [-0.2, 0) is 11.3 Å². The van der Waals surface area contributed by atoms with Gasteiger partial charge in [-0.1, -0.05) is 18.2 Å². The standard InChI is InChI=1S/C20H24FN3O3S2/c1-5-24(6-2)18(25)16-12(3)15(19(26)27-4)17(29-16)23-20(28)22-11-13-9-7-8-10-14(13)21/h7-10H,5-6,11H2,1-4H3,(H2,22,23,28). The first kappa shape index (κ1) is 22.8. The number of halogens is 1. The van der Waals surface area contributed by atoms with E-state index in [9.17, 15) is 14.0 Å². The zero-order valence-electron chi connectivity index (χ0n) is 16.8. The molecule has 1 aromatic heterocycles. The van der Waals surface area contributed by atoms with Crippen LogP contribution in [0.4, 0.5) is 9.39 Å². The molecule has 9 heteroatoms. The molecule has 2 aromatic rings. The summed E-state index contributed by atoms with van der Waals surface area (Å²) >= 11 is 6.44. The summed E-state index contributed by atoms with van der Waals surface area (Å²) in [5, 5.41) is 6.49. The van der Waals surface area contributed by atoms with Crippen LogP contribution >= 0.6 is 23.6 Å². The summed E-state index contributed by atoms with van der Waals surface area (Å²) in [6.45, 7) is 6.80. The average Bonchev–Trinajstić information content (AvgIpc) is 3.03. The molecule has 6 nitrogen and oxygen atoms in total. The number of benzene rings is 1. The molecule has 0 aliphatic carbocycles. The molecule has 0 spiro atoms. The molecule has 1 aromatic carbocycles. The number of nitrogens with one attached hydrogen (secondary N) is 2. The number of thiophene rings is 1. The van der Waals surface area contributed by atoms with Gasteiger partial charge in [-0.05, 0) is 44.6 Å². The third kappa shape index (κ3) is 5.30. The minimum absolute atomic E-state index is 0.152. The Balaban J connectivity index is 2.25. The number of anilines is 1. The predicted octanol–water partition coefficient (Wildman–Crippen LogP) is 3.95. The third-order valence-corrected chi connectivity index (χ3v) is 5.85. The Morgan fingerprint density at radius 1 is 1.24 bits per heavy atom. The Hall–Kier alpha value is -2.52. The van der Waals surface area contributed by atoms with Crippen molar-refractivity contribution in [2.45, 2.75) is 27.3 Å². The summed E-state index contributed by atoms with van der Waals surface area (Å²) in [5.41, 5.74) is 1.27. The smallest absolute Gasteiger partial charge is 0.341 e. The topological polar surface area (TPSA) is 70.7 Å². The zero-order valence-corrected chi connectivity index (χ0v) is 18.4. The van der Waals surface area contributed by atoms with E-state index in [2.05, 4.69) is 10.6 Å². The van der Waals surface area contributed by atoms with Crippen molar-refractivity contribution in [2.24, 2.45) is 0 Å². The van der Waals surface area contributed by atoms with Gasteiger partial charge in [-0.2, -0.15) is 0 Å². The van der Waals surface area contributed by atoms with Crippen molar-refractivity contribution in [1.82, 2.24) is 10.2 Å². The molecule has 0 aliphatic rings. The first-order valence-corrected chi connectivity index (χ1v) is 10.4. The van der Waals surface area contributed by atoms with Gasteiger partial charge in [-0.15, -0.1) is 11.3 Å². The van der Waals surface area contributed by atoms with E-state index in [0.717, 1.165) is 11.3 Å². The number of amides is 1. The molecule has 0 fully saturated rings. The molecule has 1 amide bonds. The maximum absolute atomic E-state index is 13.8. The first-order chi connectivity index (χ1) is 13.8. The van der Waals surface area contributed by atoms with Gasteiger partial charge in [0.2, 0.25) is 0 Å². The number of methoxy groups -OCH3 is 1. The summed E-state index contributed by atoms with van der Waals surface area (Å²) in [6, 6.07) is 6.37. The lowest BCUT2D eigenvalue weighted by molar-refractivity contribution is 0.0601. The molecule has 0 bridgehead atoms. The molecule has 0 saturated carbocycles. The highest BCUT2D eigenvalue weighted by Gasteiger charge is 2.27. The van der Waals surface area contributed by atoms with Crippen LogP contribution in [0.3, 0.4) is 0 Å². The number of thiocarbonyl (C=S) groups is 1. The number of nitrogens with zero attached hydrogens (tertiary/aromatic N) is 1. The Morgan fingerprint density at radius 2 is 1.90 bits per heavy atom. The highest BCUT2D eigenvalue weighted by molar-refractivity contribution is 7.80. The number of hydrogen-bond acceptors (Lipinski definition) is 5. The molecular weight excluding hydrogens is 413 g/mol. The van der Waals surface area contributed by atoms with E-state index in [4.69, 9.17) is 17.0 Å². The van der Waals surface area contributed by atoms with E-state index >= 15 is 0 Å². The number of carbonyl (C=O) groups excluding carboxylic acids is 2. The average molecular weight is 438 g/mol. The monoisotopic (exact) mass is 437 g/mol. The van der Waals surface area contributed by atoms with Crippen molar-refractivity contribution in [3.63, 3.8) is 0 Å². The largest absolute Gasteiger partial charge is 0.465 e. The fourth-order valence-electron chi connectivity index (χ4n) is 2.77. The first-order valence-electron chi connectivity index (χ1n) is 9.13. The summed E-state index contributed by atoms with van der Waals surface area (Å²) < 4.78 is 18.6. The fourth-order valence-corrected chi connectivity index (χ4v) is 4.18. The van der Waals surface area contributed by atoms with Crippen molar-refractivity contribution in [2.75, 3.05) is 25.5 Å². The Labute approximate surface area is 179 Å². The molecule has 29 heavy (non-hydrogen) atoms. The molecule has 0 aliphatic heterocycles. The van der Waals surface area contributed by atoms with Gasteiger partial charge < -0.3 is 20.3 Å². The normalized spacial score (nSPS) is 10.4. The molecular formula is C20H24FN3O3S2. The maximum atomic E-state index is 13.8. The van der Waals surface area contributed by atoms with E-state index in [-0.39, 0.29) is 28.9 Å². The van der Waals surface area contributed by atoms with E-state index in [1.807, 2.05) is 13.8 Å². The van der Waals surface area contributed by atoms with Gasteiger partial charge in [0.25, 0.3) is 5.91 Å². The van der Waals surface area contributed by atoms with Crippen LogP contribution in [0.2, 0.25) is 0 Å². The van der Waals surface area contributed by atoms with Crippen LogP contribution in [0, 0.1) is 12.7 Å². The fraction of sp³-hybridized carbons (Fsp3) is 0.350. The lowest BCUT2D eigenvalue weighted by Gasteiger charge is -2.17. The van der Waals surface area contributed by atoms with Gasteiger partial charge in [0.1, 0.15) is 10.8 Å². The summed E-state index contributed by atoms with van der Waals surface area (Å²) in [7, 11) is 1.28. The molecule has 0 saturated heterocycles. The Bertz CT molecular complexity index is 910. The number of ether oxygens (including phenoxy) is 1. The highest BCUT2D eigenvalue weighted by atomic mass is 32.1. The maximum Gasteiger partial charge on any atom is 0.341 e. The zero-order chi connectivity index (χ0) is 21.6. The lowest BCUT2D eigenvalue weighted by Crippen LogP contribution is -2.30. The number of carbonyl (C=O) groups is 2. The lowest BCUT2D eigenvalue weighted by atomic mass is 10.1. The summed E-state index contributed by atoms with van der Waals surface area (Å²) in [4.78, 5) is 27.2. The van der Waals surface area contributed by atoms with Crippen molar-refractivity contribution < 1.29 is 18.7 Å². The second kappa shape index (κ2) is 10.3. The number of hydrogen-bond donors (Lipinski definition) is 2. The van der Waals surface area contributed by atoms with Crippen LogP contribution in [-0.4, -0.2) is 42.1 Å². The van der Waals surface area contributed by atoms with Crippen LogP contribution in [0.15, 0.2) is 24.3 Å². The molecule has 1 heterocycles. The van der Waals surface area contributed by atoms with Crippen LogP contribution in [0.25, 0.3) is 0 Å². The van der Waals surface area contributed by atoms with Gasteiger partial charge in [-0.3, -0.25) is 4.79 Å². The van der Waals surface area contributed by atoms with Gasteiger partial charge in [-0.25, -0.2) is 9.18 Å². The summed E-state index contributed by atoms with van der Waals surface area (Å²) in [5.74, 6) is -1.05. The number of esters is 1. The van der Waals surface area contributed by atoms with Crippen molar-refractivity contribution in [3.8, 4) is 0 Å². The van der Waals surface area contributed by atoms with Gasteiger partial charge >= 0.3 is 5.97 Å². The Morgan fingerprint density at radius 3 is 2.48 bits per heavy atom. The van der Waals surface area contributed by atoms with E-state index in [1.54, 1.807) is 30.0 Å². The number of rotatable bonds is 7. The van der Waals surface area contributed by atoms with Gasteiger partial charge in [0, 0.05) is 25.2 Å². The Kier molecular flexibility index (Phi) is 8.10. The molecule has 0 radical (unpaired) electrons. The van der Waals surface area contributed by atoms with E-state index < -0.39 is 5.97 Å². The second-order valence-corrected chi connectivity index (χ2v) is 7.56. The minimum Gasteiger partial charge on any atom is -0.465 e. The van der Waals surface area contributed by atoms with Crippen LogP contribution < -0.4 is 10.6 Å². The quantitative estimate of drug-likeness (QED) is 0.505. The van der Waals surface area contributed by atoms with Gasteiger partial charge in [0.15, 0.2) is 5.11 Å².